The van der Waals surface area contributed by atoms with E-state index in [1.165, 1.54) is 57.8 Å². The SMILES string of the molecule is C1CCCCCNNOCCCCC1. The molecule has 0 saturated carbocycles. The summed E-state index contributed by atoms with van der Waals surface area (Å²) in [5, 5.41) is 0. The first-order chi connectivity index (χ1) is 7.00. The first kappa shape index (κ1) is 12.0. The van der Waals surface area contributed by atoms with E-state index in [0.29, 0.717) is 0 Å². The van der Waals surface area contributed by atoms with Gasteiger partial charge < -0.3 is 0 Å². The Morgan fingerprint density at radius 1 is 0.643 bits per heavy atom. The summed E-state index contributed by atoms with van der Waals surface area (Å²) in [6.07, 6.45) is 12.1. The van der Waals surface area contributed by atoms with E-state index in [0.717, 1.165) is 13.2 Å². The van der Waals surface area contributed by atoms with Gasteiger partial charge in [-0.15, -0.1) is 5.59 Å². The first-order valence-corrected chi connectivity index (χ1v) is 6.10. The molecule has 1 heterocycles. The van der Waals surface area contributed by atoms with Crippen LogP contribution in [0.15, 0.2) is 0 Å². The van der Waals surface area contributed by atoms with Crippen LogP contribution in [0, 0.1) is 0 Å². The smallest absolute Gasteiger partial charge is 0.0698 e. The summed E-state index contributed by atoms with van der Waals surface area (Å²) in [7, 11) is 0. The maximum Gasteiger partial charge on any atom is 0.0698 e. The second-order valence-corrected chi connectivity index (χ2v) is 4.06. The van der Waals surface area contributed by atoms with Gasteiger partial charge in [-0.25, -0.2) is 5.43 Å². The van der Waals surface area contributed by atoms with Crippen LogP contribution in [0.2, 0.25) is 0 Å². The van der Waals surface area contributed by atoms with Crippen molar-refractivity contribution in [1.29, 1.82) is 0 Å². The average Bonchev–Trinajstić information content (AvgIpc) is 2.22. The minimum absolute atomic E-state index is 0.826. The van der Waals surface area contributed by atoms with Crippen LogP contribution in [0.1, 0.15) is 57.8 Å². The fourth-order valence-electron chi connectivity index (χ4n) is 1.78. The lowest BCUT2D eigenvalue weighted by Gasteiger charge is -2.08. The van der Waals surface area contributed by atoms with Gasteiger partial charge in [0.25, 0.3) is 0 Å². The molecule has 14 heavy (non-hydrogen) atoms. The largest absolute Gasteiger partial charge is 0.287 e. The van der Waals surface area contributed by atoms with Crippen molar-refractivity contribution in [3.8, 4) is 0 Å². The Morgan fingerprint density at radius 3 is 1.93 bits per heavy atom. The van der Waals surface area contributed by atoms with Crippen LogP contribution < -0.4 is 11.0 Å². The first-order valence-electron chi connectivity index (χ1n) is 6.10. The van der Waals surface area contributed by atoms with Gasteiger partial charge >= 0.3 is 0 Å². The molecule has 1 aliphatic rings. The van der Waals surface area contributed by atoms with Crippen molar-refractivity contribution in [2.24, 2.45) is 0 Å². The fraction of sp³-hybridized carbons (Fsp3) is 1.00. The Bertz CT molecular complexity index is 66.6. The van der Waals surface area contributed by atoms with Gasteiger partial charge in [0.1, 0.15) is 0 Å². The lowest BCUT2D eigenvalue weighted by atomic mass is 10.1. The molecule has 0 bridgehead atoms. The van der Waals surface area contributed by atoms with Crippen molar-refractivity contribution in [2.75, 3.05) is 13.2 Å². The topological polar surface area (TPSA) is 33.3 Å². The molecule has 84 valence electrons. The molecule has 0 radical (unpaired) electrons. The minimum Gasteiger partial charge on any atom is -0.287 e. The molecule has 1 rings (SSSR count). The van der Waals surface area contributed by atoms with Gasteiger partial charge in [-0.3, -0.25) is 4.84 Å². The molecule has 3 heteroatoms. The number of rotatable bonds is 0. The Hall–Kier alpha value is -0.120. The number of hydrogen-bond acceptors (Lipinski definition) is 3. The molecular formula is C11H24N2O. The molecule has 0 aromatic carbocycles. The molecule has 0 aromatic rings. The zero-order valence-electron chi connectivity index (χ0n) is 9.19. The van der Waals surface area contributed by atoms with E-state index in [9.17, 15) is 0 Å². The molecular weight excluding hydrogens is 176 g/mol. The highest BCUT2D eigenvalue weighted by atomic mass is 16.7. The van der Waals surface area contributed by atoms with Crippen molar-refractivity contribution in [3.63, 3.8) is 0 Å². The predicted molar refractivity (Wildman–Crippen MR) is 58.6 cm³/mol. The number of nitrogens with one attached hydrogen (secondary N) is 2. The highest BCUT2D eigenvalue weighted by Crippen LogP contribution is 2.09. The third-order valence-corrected chi connectivity index (χ3v) is 2.69. The van der Waals surface area contributed by atoms with Crippen molar-refractivity contribution in [1.82, 2.24) is 11.0 Å². The normalized spacial score (nSPS) is 24.0. The molecule has 1 fully saturated rings. The number of hydrazine groups is 1. The van der Waals surface area contributed by atoms with Crippen molar-refractivity contribution < 1.29 is 4.84 Å². The maximum absolute atomic E-state index is 5.22. The summed E-state index contributed by atoms with van der Waals surface area (Å²) in [5.74, 6) is 0. The van der Waals surface area contributed by atoms with E-state index in [1.54, 1.807) is 0 Å². The molecule has 0 atom stereocenters. The molecule has 2 N–H and O–H groups in total. The van der Waals surface area contributed by atoms with Gasteiger partial charge in [0.2, 0.25) is 0 Å². The van der Waals surface area contributed by atoms with E-state index in [4.69, 9.17) is 4.84 Å². The van der Waals surface area contributed by atoms with Crippen molar-refractivity contribution in [2.45, 2.75) is 57.8 Å². The summed E-state index contributed by atoms with van der Waals surface area (Å²) in [6.45, 7) is 1.84. The third-order valence-electron chi connectivity index (χ3n) is 2.69. The molecule has 0 spiro atoms. The molecule has 0 amide bonds. The fourth-order valence-corrected chi connectivity index (χ4v) is 1.78. The maximum atomic E-state index is 5.22. The summed E-state index contributed by atoms with van der Waals surface area (Å²) >= 11 is 0. The summed E-state index contributed by atoms with van der Waals surface area (Å²) in [4.78, 5) is 5.22. The Morgan fingerprint density at radius 2 is 1.21 bits per heavy atom. The van der Waals surface area contributed by atoms with E-state index in [-0.39, 0.29) is 0 Å². The quantitative estimate of drug-likeness (QED) is 0.630. The molecule has 0 unspecified atom stereocenters. The monoisotopic (exact) mass is 200 g/mol. The van der Waals surface area contributed by atoms with Gasteiger partial charge in [0.15, 0.2) is 0 Å². The summed E-state index contributed by atoms with van der Waals surface area (Å²) < 4.78 is 0. The van der Waals surface area contributed by atoms with Crippen LogP contribution in [0.4, 0.5) is 0 Å². The Balaban J connectivity index is 2.00. The van der Waals surface area contributed by atoms with E-state index < -0.39 is 0 Å². The molecule has 3 nitrogen and oxygen atoms in total. The third kappa shape index (κ3) is 7.30. The van der Waals surface area contributed by atoms with Gasteiger partial charge in [-0.2, -0.15) is 0 Å². The van der Waals surface area contributed by atoms with Crippen LogP contribution in [0.25, 0.3) is 0 Å². The Kier molecular flexibility index (Phi) is 8.06. The minimum atomic E-state index is 0.826. The van der Waals surface area contributed by atoms with Crippen molar-refractivity contribution in [3.05, 3.63) is 0 Å². The zero-order chi connectivity index (χ0) is 9.90. The standard InChI is InChI=1S/C11H24N2O/c1-2-4-6-8-10-12-13-14-11-9-7-5-3-1/h12-13H,1-11H2. The number of hydrogen-bond donors (Lipinski definition) is 2. The predicted octanol–water partition coefficient (Wildman–Crippen LogP) is 2.54. The molecule has 0 aliphatic carbocycles. The van der Waals surface area contributed by atoms with Gasteiger partial charge in [0, 0.05) is 6.54 Å². The van der Waals surface area contributed by atoms with E-state index >= 15 is 0 Å². The highest BCUT2D eigenvalue weighted by molar-refractivity contribution is 4.49. The van der Waals surface area contributed by atoms with Crippen LogP contribution in [-0.2, 0) is 4.84 Å². The van der Waals surface area contributed by atoms with E-state index in [1.807, 2.05) is 0 Å². The summed E-state index contributed by atoms with van der Waals surface area (Å²) in [6, 6.07) is 0. The second kappa shape index (κ2) is 9.44. The van der Waals surface area contributed by atoms with Crippen molar-refractivity contribution >= 4 is 0 Å². The van der Waals surface area contributed by atoms with Gasteiger partial charge in [-0.1, -0.05) is 44.9 Å². The zero-order valence-corrected chi connectivity index (χ0v) is 9.19. The molecule has 0 aromatic heterocycles. The van der Waals surface area contributed by atoms with Gasteiger partial charge in [-0.05, 0) is 12.8 Å². The van der Waals surface area contributed by atoms with Gasteiger partial charge in [0.05, 0.1) is 6.61 Å². The lowest BCUT2D eigenvalue weighted by molar-refractivity contribution is 0.00841. The van der Waals surface area contributed by atoms with Crippen LogP contribution >= 0.6 is 0 Å². The lowest BCUT2D eigenvalue weighted by Crippen LogP contribution is -2.32. The van der Waals surface area contributed by atoms with Crippen LogP contribution in [0.5, 0.6) is 0 Å². The van der Waals surface area contributed by atoms with E-state index in [2.05, 4.69) is 11.0 Å². The Labute approximate surface area is 87.5 Å². The average molecular weight is 200 g/mol. The van der Waals surface area contributed by atoms with Crippen LogP contribution in [0.3, 0.4) is 0 Å². The highest BCUT2D eigenvalue weighted by Gasteiger charge is 1.95. The molecule has 1 saturated heterocycles. The van der Waals surface area contributed by atoms with Crippen LogP contribution in [-0.4, -0.2) is 13.2 Å². The molecule has 1 aliphatic heterocycles. The summed E-state index contributed by atoms with van der Waals surface area (Å²) in [5.41, 5.74) is 5.86. The second-order valence-electron chi connectivity index (χ2n) is 4.06.